The molecule has 0 bridgehead atoms. The number of anilines is 2. The summed E-state index contributed by atoms with van der Waals surface area (Å²) >= 11 is 0. The number of aryl methyl sites for hydroxylation is 1. The molecule has 3 N–H and O–H groups in total. The van der Waals surface area contributed by atoms with E-state index in [2.05, 4.69) is 5.32 Å². The summed E-state index contributed by atoms with van der Waals surface area (Å²) in [6, 6.07) is 4.64. The van der Waals surface area contributed by atoms with Crippen LogP contribution in [0.5, 0.6) is 0 Å². The molecule has 9 heteroatoms. The molecule has 1 aliphatic heterocycles. The van der Waals surface area contributed by atoms with Crippen molar-refractivity contribution in [3.8, 4) is 0 Å². The number of nitrogens with two attached hydrogens (primary N) is 1. The van der Waals surface area contributed by atoms with Crippen molar-refractivity contribution in [2.45, 2.75) is 19.4 Å². The number of hydrogen-bond donors (Lipinski definition) is 2. The molecule has 2 rings (SSSR count). The molecule has 1 heterocycles. The summed E-state index contributed by atoms with van der Waals surface area (Å²) in [4.78, 5) is 28.4. The van der Waals surface area contributed by atoms with Crippen LogP contribution < -0.4 is 11.1 Å². The summed E-state index contributed by atoms with van der Waals surface area (Å²) in [5.74, 6) is -1.63. The van der Waals surface area contributed by atoms with E-state index in [0.717, 1.165) is 5.56 Å². The van der Waals surface area contributed by atoms with E-state index < -0.39 is 27.7 Å². The lowest BCUT2D eigenvalue weighted by atomic mass is 10.2. The van der Waals surface area contributed by atoms with Crippen LogP contribution in [0.1, 0.15) is 12.0 Å². The van der Waals surface area contributed by atoms with Gasteiger partial charge in [0, 0.05) is 19.1 Å². The molecular formula is C17H26N4O4S. The lowest BCUT2D eigenvalue weighted by molar-refractivity contribution is -0.144. The number of rotatable bonds is 5. The molecule has 0 aromatic heterocycles. The number of carbonyl (C=O) groups is 2. The molecule has 1 saturated heterocycles. The van der Waals surface area contributed by atoms with Crippen molar-refractivity contribution in [1.29, 1.82) is 0 Å². The van der Waals surface area contributed by atoms with E-state index in [0.29, 0.717) is 24.3 Å². The quantitative estimate of drug-likeness (QED) is 0.551. The van der Waals surface area contributed by atoms with Gasteiger partial charge in [-0.2, -0.15) is 0 Å². The second kappa shape index (κ2) is 8.05. The Labute approximate surface area is 154 Å². The van der Waals surface area contributed by atoms with Crippen molar-refractivity contribution in [3.63, 3.8) is 0 Å². The van der Waals surface area contributed by atoms with Crippen molar-refractivity contribution in [2.24, 2.45) is 0 Å². The van der Waals surface area contributed by atoms with Gasteiger partial charge in [-0.25, -0.2) is 8.42 Å². The minimum atomic E-state index is -3.17. The summed E-state index contributed by atoms with van der Waals surface area (Å²) in [5.41, 5.74) is 7.55. The number of nitrogens with zero attached hydrogens (tertiary/aromatic N) is 2. The van der Waals surface area contributed by atoms with Crippen molar-refractivity contribution >= 4 is 33.0 Å². The second-order valence-electron chi connectivity index (χ2n) is 6.90. The minimum Gasteiger partial charge on any atom is -0.397 e. The maximum Gasteiger partial charge on any atom is 0.313 e. The number of nitrogens with one attached hydrogen (secondary N) is 1. The molecule has 0 spiro atoms. The molecule has 0 saturated carbocycles. The Balaban J connectivity index is 2.15. The highest BCUT2D eigenvalue weighted by Crippen LogP contribution is 2.21. The van der Waals surface area contributed by atoms with E-state index in [4.69, 9.17) is 5.73 Å². The molecule has 26 heavy (non-hydrogen) atoms. The zero-order chi connectivity index (χ0) is 19.5. The predicted molar refractivity (Wildman–Crippen MR) is 102 cm³/mol. The van der Waals surface area contributed by atoms with Crippen molar-refractivity contribution in [3.05, 3.63) is 23.8 Å². The number of hydrogen-bond acceptors (Lipinski definition) is 6. The lowest BCUT2D eigenvalue weighted by Gasteiger charge is -2.29. The van der Waals surface area contributed by atoms with Crippen LogP contribution >= 0.6 is 0 Å². The smallest absolute Gasteiger partial charge is 0.313 e. The largest absolute Gasteiger partial charge is 0.397 e. The fourth-order valence-electron chi connectivity index (χ4n) is 2.88. The maximum atomic E-state index is 12.7. The van der Waals surface area contributed by atoms with Gasteiger partial charge in [0.15, 0.2) is 9.84 Å². The first-order valence-electron chi connectivity index (χ1n) is 8.42. The molecule has 2 amide bonds. The zero-order valence-electron chi connectivity index (χ0n) is 15.4. The van der Waals surface area contributed by atoms with Gasteiger partial charge in [0.2, 0.25) is 0 Å². The van der Waals surface area contributed by atoms with Crippen LogP contribution in [0.25, 0.3) is 0 Å². The summed E-state index contributed by atoms with van der Waals surface area (Å²) in [6.45, 7) is 2.68. The Bertz CT molecular complexity index is 792. The molecule has 1 atom stereocenters. The fourth-order valence-corrected chi connectivity index (χ4v) is 4.61. The number of sulfone groups is 1. The van der Waals surface area contributed by atoms with E-state index in [1.54, 1.807) is 18.2 Å². The topological polar surface area (TPSA) is 113 Å². The lowest BCUT2D eigenvalue weighted by Crippen LogP contribution is -2.49. The van der Waals surface area contributed by atoms with E-state index >= 15 is 0 Å². The van der Waals surface area contributed by atoms with Crippen LogP contribution in [0.15, 0.2) is 18.2 Å². The molecule has 1 aromatic carbocycles. The first-order chi connectivity index (χ1) is 12.1. The summed E-state index contributed by atoms with van der Waals surface area (Å²) < 4.78 is 23.6. The normalized spacial score (nSPS) is 18.7. The molecule has 1 unspecified atom stereocenters. The highest BCUT2D eigenvalue weighted by molar-refractivity contribution is 7.91. The van der Waals surface area contributed by atoms with Gasteiger partial charge in [-0.15, -0.1) is 0 Å². The Hall–Kier alpha value is -2.13. The van der Waals surface area contributed by atoms with Crippen molar-refractivity contribution in [2.75, 3.05) is 49.7 Å². The number of amides is 2. The number of benzene rings is 1. The van der Waals surface area contributed by atoms with Crippen LogP contribution in [-0.4, -0.2) is 74.8 Å². The standard InChI is InChI=1S/C17H26N4O4S/c1-12-4-5-15(14(18)10-12)19-16(22)17(23)21(8-7-20(2)3)13-6-9-26(24,25)11-13/h4-5,10,13H,6-9,11,18H2,1-3H3,(H,19,22). The minimum absolute atomic E-state index is 0.0376. The fraction of sp³-hybridized carbons (Fsp3) is 0.529. The second-order valence-corrected chi connectivity index (χ2v) is 9.13. The third-order valence-corrected chi connectivity index (χ3v) is 6.10. The number of likely N-dealkylation sites (N-methyl/N-ethyl adjacent to an activating group) is 1. The van der Waals surface area contributed by atoms with Gasteiger partial charge in [0.25, 0.3) is 0 Å². The number of nitrogen functional groups attached to an aromatic ring is 1. The Kier molecular flexibility index (Phi) is 6.25. The third-order valence-electron chi connectivity index (χ3n) is 4.35. The average Bonchev–Trinajstić information content (AvgIpc) is 2.89. The molecule has 8 nitrogen and oxygen atoms in total. The van der Waals surface area contributed by atoms with E-state index in [9.17, 15) is 18.0 Å². The average molecular weight is 382 g/mol. The van der Waals surface area contributed by atoms with Crippen LogP contribution in [0.2, 0.25) is 0 Å². The zero-order valence-corrected chi connectivity index (χ0v) is 16.2. The van der Waals surface area contributed by atoms with Crippen LogP contribution in [0, 0.1) is 6.92 Å². The van der Waals surface area contributed by atoms with E-state index in [1.165, 1.54) is 4.90 Å². The van der Waals surface area contributed by atoms with Gasteiger partial charge in [0.05, 0.1) is 22.9 Å². The van der Waals surface area contributed by atoms with Gasteiger partial charge in [-0.1, -0.05) is 6.07 Å². The summed E-state index contributed by atoms with van der Waals surface area (Å²) in [5, 5.41) is 2.53. The van der Waals surface area contributed by atoms with Gasteiger partial charge in [0.1, 0.15) is 0 Å². The molecular weight excluding hydrogens is 356 g/mol. The van der Waals surface area contributed by atoms with E-state index in [1.807, 2.05) is 25.9 Å². The van der Waals surface area contributed by atoms with Crippen molar-refractivity contribution < 1.29 is 18.0 Å². The van der Waals surface area contributed by atoms with Crippen LogP contribution in [-0.2, 0) is 19.4 Å². The monoisotopic (exact) mass is 382 g/mol. The molecule has 1 fully saturated rings. The van der Waals surface area contributed by atoms with Gasteiger partial charge in [-0.3, -0.25) is 9.59 Å². The number of carbonyl (C=O) groups excluding carboxylic acids is 2. The van der Waals surface area contributed by atoms with Crippen LogP contribution in [0.3, 0.4) is 0 Å². The summed E-state index contributed by atoms with van der Waals surface area (Å²) in [7, 11) is 0.529. The molecule has 1 aliphatic rings. The first-order valence-corrected chi connectivity index (χ1v) is 10.2. The van der Waals surface area contributed by atoms with Gasteiger partial charge < -0.3 is 20.9 Å². The SMILES string of the molecule is Cc1ccc(NC(=O)C(=O)N(CCN(C)C)C2CCS(=O)(=O)C2)c(N)c1. The van der Waals surface area contributed by atoms with Gasteiger partial charge in [-0.05, 0) is 45.1 Å². The van der Waals surface area contributed by atoms with Crippen LogP contribution in [0.4, 0.5) is 11.4 Å². The van der Waals surface area contributed by atoms with Gasteiger partial charge >= 0.3 is 11.8 Å². The van der Waals surface area contributed by atoms with E-state index in [-0.39, 0.29) is 18.1 Å². The predicted octanol–water partition coefficient (Wildman–Crippen LogP) is 0.0930. The molecule has 0 aliphatic carbocycles. The Morgan fingerprint density at radius 3 is 2.50 bits per heavy atom. The molecule has 0 radical (unpaired) electrons. The highest BCUT2D eigenvalue weighted by atomic mass is 32.2. The first kappa shape index (κ1) is 20.2. The third kappa shape index (κ3) is 5.18. The molecule has 144 valence electrons. The molecule has 1 aromatic rings. The summed E-state index contributed by atoms with van der Waals surface area (Å²) in [6.07, 6.45) is 0.349. The highest BCUT2D eigenvalue weighted by Gasteiger charge is 2.36. The Morgan fingerprint density at radius 2 is 1.96 bits per heavy atom. The maximum absolute atomic E-state index is 12.7. The van der Waals surface area contributed by atoms with Crippen molar-refractivity contribution in [1.82, 2.24) is 9.80 Å². The Morgan fingerprint density at radius 1 is 1.27 bits per heavy atom.